The molecule has 3 N–H and O–H groups in total. The van der Waals surface area contributed by atoms with Gasteiger partial charge in [0.2, 0.25) is 0 Å². The molecule has 0 saturated heterocycles. The zero-order valence-electron chi connectivity index (χ0n) is 10.8. The van der Waals surface area contributed by atoms with Crippen molar-refractivity contribution in [1.82, 2.24) is 5.32 Å². The third-order valence-corrected chi connectivity index (χ3v) is 3.09. The molecule has 1 aromatic rings. The van der Waals surface area contributed by atoms with E-state index < -0.39 is 12.1 Å². The lowest BCUT2D eigenvalue weighted by Gasteiger charge is -2.12. The van der Waals surface area contributed by atoms with E-state index >= 15 is 0 Å². The van der Waals surface area contributed by atoms with Gasteiger partial charge in [0.25, 0.3) is 0 Å². The third kappa shape index (κ3) is 7.15. The van der Waals surface area contributed by atoms with Crippen molar-refractivity contribution in [2.45, 2.75) is 31.8 Å². The van der Waals surface area contributed by atoms with Crippen LogP contribution in [0.2, 0.25) is 5.02 Å². The van der Waals surface area contributed by atoms with Crippen molar-refractivity contribution in [1.29, 1.82) is 0 Å². The van der Waals surface area contributed by atoms with Crippen molar-refractivity contribution in [2.24, 2.45) is 0 Å². The highest BCUT2D eigenvalue weighted by Gasteiger charge is 2.06. The highest BCUT2D eigenvalue weighted by atomic mass is 35.5. The standard InChI is InChI=1S/C14H20ClNO3/c15-12-7-5-11(6-8-12)13(17)10-16-9-3-1-2-4-14(18)19/h5-8,13,16-17H,1-4,9-10H2,(H,18,19). The van der Waals surface area contributed by atoms with Gasteiger partial charge in [-0.15, -0.1) is 0 Å². The fourth-order valence-corrected chi connectivity index (χ4v) is 1.87. The fraction of sp³-hybridized carbons (Fsp3) is 0.500. The van der Waals surface area contributed by atoms with Gasteiger partial charge < -0.3 is 15.5 Å². The summed E-state index contributed by atoms with van der Waals surface area (Å²) in [5, 5.41) is 22.2. The predicted molar refractivity (Wildman–Crippen MR) is 75.4 cm³/mol. The number of halogens is 1. The molecule has 0 aliphatic rings. The van der Waals surface area contributed by atoms with Crippen molar-refractivity contribution < 1.29 is 15.0 Å². The van der Waals surface area contributed by atoms with Crippen molar-refractivity contribution in [3.05, 3.63) is 34.9 Å². The molecule has 0 aromatic heterocycles. The molecule has 4 nitrogen and oxygen atoms in total. The molecule has 0 aliphatic carbocycles. The summed E-state index contributed by atoms with van der Waals surface area (Å²) in [4.78, 5) is 10.3. The van der Waals surface area contributed by atoms with Crippen molar-refractivity contribution in [3.8, 4) is 0 Å². The van der Waals surface area contributed by atoms with E-state index in [9.17, 15) is 9.90 Å². The average Bonchev–Trinajstić information content (AvgIpc) is 2.38. The highest BCUT2D eigenvalue weighted by Crippen LogP contribution is 2.15. The molecule has 1 atom stereocenters. The number of rotatable bonds is 9. The molecule has 1 rings (SSSR count). The van der Waals surface area contributed by atoms with E-state index in [1.165, 1.54) is 0 Å². The Labute approximate surface area is 118 Å². The number of nitrogens with one attached hydrogen (secondary N) is 1. The number of carboxylic acids is 1. The van der Waals surface area contributed by atoms with Gasteiger partial charge in [-0.3, -0.25) is 4.79 Å². The maximum atomic E-state index is 10.3. The minimum Gasteiger partial charge on any atom is -0.481 e. The Hall–Kier alpha value is -1.10. The summed E-state index contributed by atoms with van der Waals surface area (Å²) >= 11 is 5.77. The first-order chi connectivity index (χ1) is 9.09. The normalized spacial score (nSPS) is 12.3. The topological polar surface area (TPSA) is 69.6 Å². The molecular weight excluding hydrogens is 266 g/mol. The van der Waals surface area contributed by atoms with Crippen molar-refractivity contribution in [3.63, 3.8) is 0 Å². The SMILES string of the molecule is O=C(O)CCCCCNCC(O)c1ccc(Cl)cc1. The number of hydrogen-bond donors (Lipinski definition) is 3. The molecule has 0 fully saturated rings. The van der Waals surface area contributed by atoms with Crippen LogP contribution in [0.25, 0.3) is 0 Å². The van der Waals surface area contributed by atoms with Crippen molar-refractivity contribution in [2.75, 3.05) is 13.1 Å². The van der Waals surface area contributed by atoms with Gasteiger partial charge in [0.15, 0.2) is 0 Å². The van der Waals surface area contributed by atoms with Crippen LogP contribution < -0.4 is 5.32 Å². The molecule has 0 bridgehead atoms. The quantitative estimate of drug-likeness (QED) is 0.610. The van der Waals surface area contributed by atoms with Gasteiger partial charge in [-0.2, -0.15) is 0 Å². The summed E-state index contributed by atoms with van der Waals surface area (Å²) in [5.74, 6) is -0.744. The Balaban J connectivity index is 2.09. The number of hydrogen-bond acceptors (Lipinski definition) is 3. The number of carbonyl (C=O) groups is 1. The maximum absolute atomic E-state index is 10.3. The van der Waals surface area contributed by atoms with Crippen molar-refractivity contribution >= 4 is 17.6 Å². The van der Waals surface area contributed by atoms with Crippen LogP contribution in [-0.4, -0.2) is 29.3 Å². The van der Waals surface area contributed by atoms with E-state index in [1.54, 1.807) is 12.1 Å². The summed E-state index contributed by atoms with van der Waals surface area (Å²) in [5.41, 5.74) is 0.836. The zero-order valence-corrected chi connectivity index (χ0v) is 11.6. The van der Waals surface area contributed by atoms with Gasteiger partial charge in [0.1, 0.15) is 0 Å². The number of carboxylic acid groups (broad SMARTS) is 1. The number of unbranched alkanes of at least 4 members (excludes halogenated alkanes) is 2. The summed E-state index contributed by atoms with van der Waals surface area (Å²) in [6.07, 6.45) is 2.19. The third-order valence-electron chi connectivity index (χ3n) is 2.84. The summed E-state index contributed by atoms with van der Waals surface area (Å²) in [6, 6.07) is 7.13. The number of aliphatic hydroxyl groups excluding tert-OH is 1. The lowest BCUT2D eigenvalue weighted by atomic mass is 10.1. The molecule has 0 spiro atoms. The Bertz CT molecular complexity index is 381. The largest absolute Gasteiger partial charge is 0.481 e. The van der Waals surface area contributed by atoms with Gasteiger partial charge in [0, 0.05) is 18.0 Å². The van der Waals surface area contributed by atoms with Gasteiger partial charge in [-0.05, 0) is 37.1 Å². The summed E-state index contributed by atoms with van der Waals surface area (Å²) < 4.78 is 0. The molecular formula is C14H20ClNO3. The van der Waals surface area contributed by atoms with Gasteiger partial charge in [-0.25, -0.2) is 0 Å². The monoisotopic (exact) mass is 285 g/mol. The molecule has 0 aliphatic heterocycles. The average molecular weight is 286 g/mol. The van der Waals surface area contributed by atoms with E-state index in [1.807, 2.05) is 12.1 Å². The van der Waals surface area contributed by atoms with Crippen LogP contribution in [0.5, 0.6) is 0 Å². The molecule has 5 heteroatoms. The molecule has 0 radical (unpaired) electrons. The highest BCUT2D eigenvalue weighted by molar-refractivity contribution is 6.30. The molecule has 106 valence electrons. The van der Waals surface area contributed by atoms with Crippen LogP contribution in [-0.2, 0) is 4.79 Å². The first-order valence-corrected chi connectivity index (χ1v) is 6.83. The predicted octanol–water partition coefficient (Wildman–Crippen LogP) is 2.61. The number of aliphatic hydroxyl groups is 1. The Morgan fingerprint density at radius 1 is 1.21 bits per heavy atom. The molecule has 0 saturated carbocycles. The van der Waals surface area contributed by atoms with Crippen LogP contribution >= 0.6 is 11.6 Å². The van der Waals surface area contributed by atoms with Crippen LogP contribution in [0.15, 0.2) is 24.3 Å². The van der Waals surface area contributed by atoms with E-state index in [0.29, 0.717) is 18.0 Å². The molecule has 0 amide bonds. The Morgan fingerprint density at radius 3 is 2.53 bits per heavy atom. The minimum atomic E-state index is -0.744. The fourth-order valence-electron chi connectivity index (χ4n) is 1.74. The van der Waals surface area contributed by atoms with Gasteiger partial charge >= 0.3 is 5.97 Å². The van der Waals surface area contributed by atoms with Crippen LogP contribution in [0.4, 0.5) is 0 Å². The molecule has 1 aromatic carbocycles. The number of benzene rings is 1. The summed E-state index contributed by atoms with van der Waals surface area (Å²) in [6.45, 7) is 1.27. The molecule has 1 unspecified atom stereocenters. The Kier molecular flexibility index (Phi) is 7.48. The van der Waals surface area contributed by atoms with E-state index in [2.05, 4.69) is 5.32 Å². The second-order valence-corrected chi connectivity index (χ2v) is 4.91. The second-order valence-electron chi connectivity index (χ2n) is 4.48. The van der Waals surface area contributed by atoms with Crippen LogP contribution in [0, 0.1) is 0 Å². The lowest BCUT2D eigenvalue weighted by Crippen LogP contribution is -2.22. The van der Waals surface area contributed by atoms with E-state index in [4.69, 9.17) is 16.7 Å². The molecule has 19 heavy (non-hydrogen) atoms. The van der Waals surface area contributed by atoms with E-state index in [-0.39, 0.29) is 6.42 Å². The van der Waals surface area contributed by atoms with Gasteiger partial charge in [0.05, 0.1) is 6.10 Å². The second kappa shape index (κ2) is 8.91. The maximum Gasteiger partial charge on any atom is 0.303 e. The smallest absolute Gasteiger partial charge is 0.303 e. The molecule has 0 heterocycles. The van der Waals surface area contributed by atoms with Crippen LogP contribution in [0.3, 0.4) is 0 Å². The number of aliphatic carboxylic acids is 1. The van der Waals surface area contributed by atoms with Crippen LogP contribution in [0.1, 0.15) is 37.4 Å². The zero-order chi connectivity index (χ0) is 14.1. The van der Waals surface area contributed by atoms with Gasteiger partial charge in [-0.1, -0.05) is 30.2 Å². The minimum absolute atomic E-state index is 0.230. The first-order valence-electron chi connectivity index (χ1n) is 6.45. The van der Waals surface area contributed by atoms with E-state index in [0.717, 1.165) is 24.9 Å². The Morgan fingerprint density at radius 2 is 1.89 bits per heavy atom. The summed E-state index contributed by atoms with van der Waals surface area (Å²) in [7, 11) is 0. The first kappa shape index (κ1) is 16.0. The lowest BCUT2D eigenvalue weighted by molar-refractivity contribution is -0.137.